The van der Waals surface area contributed by atoms with Crippen LogP contribution >= 0.6 is 0 Å². The van der Waals surface area contributed by atoms with E-state index in [1.165, 1.54) is 0 Å². The molecule has 0 radical (unpaired) electrons. The van der Waals surface area contributed by atoms with E-state index in [2.05, 4.69) is 16.2 Å². The van der Waals surface area contributed by atoms with Crippen LogP contribution in [-0.4, -0.2) is 16.7 Å². The molecule has 5 heteroatoms. The van der Waals surface area contributed by atoms with Crippen molar-refractivity contribution in [1.82, 2.24) is 10.1 Å². The lowest BCUT2D eigenvalue weighted by Crippen LogP contribution is -2.08. The van der Waals surface area contributed by atoms with E-state index in [9.17, 15) is 0 Å². The lowest BCUT2D eigenvalue weighted by molar-refractivity contribution is 0.0833. The zero-order chi connectivity index (χ0) is 13.5. The predicted molar refractivity (Wildman–Crippen MR) is 68.1 cm³/mol. The summed E-state index contributed by atoms with van der Waals surface area (Å²) in [5.74, 6) is 0.971. The number of aromatic nitrogens is 2. The van der Waals surface area contributed by atoms with E-state index < -0.39 is 0 Å². The van der Waals surface area contributed by atoms with Crippen LogP contribution in [0.2, 0.25) is 0 Å². The Bertz CT molecular complexity index is 545. The summed E-state index contributed by atoms with van der Waals surface area (Å²) < 4.78 is 10.8. The summed E-state index contributed by atoms with van der Waals surface area (Å²) in [5, 5.41) is 12.5. The highest BCUT2D eigenvalue weighted by Crippen LogP contribution is 2.23. The van der Waals surface area contributed by atoms with E-state index in [0.29, 0.717) is 31.2 Å². The highest BCUT2D eigenvalue weighted by molar-refractivity contribution is 5.22. The fourth-order valence-corrected chi connectivity index (χ4v) is 1.75. The van der Waals surface area contributed by atoms with Crippen LogP contribution in [-0.2, 0) is 11.2 Å². The number of nitriles is 1. The van der Waals surface area contributed by atoms with Crippen LogP contribution in [0.5, 0.6) is 0 Å². The molecule has 0 amide bonds. The second kappa shape index (κ2) is 6.66. The zero-order valence-electron chi connectivity index (χ0n) is 10.7. The Morgan fingerprint density at radius 3 is 2.84 bits per heavy atom. The van der Waals surface area contributed by atoms with Gasteiger partial charge in [-0.05, 0) is 12.5 Å². The van der Waals surface area contributed by atoms with Gasteiger partial charge in [-0.1, -0.05) is 35.5 Å². The Balaban J connectivity index is 2.20. The molecule has 0 fully saturated rings. The molecule has 0 spiro atoms. The van der Waals surface area contributed by atoms with E-state index >= 15 is 0 Å². The van der Waals surface area contributed by atoms with Crippen molar-refractivity contribution in [2.75, 3.05) is 6.61 Å². The summed E-state index contributed by atoms with van der Waals surface area (Å²) >= 11 is 0. The van der Waals surface area contributed by atoms with Crippen LogP contribution in [0, 0.1) is 11.3 Å². The molecule has 0 saturated heterocycles. The van der Waals surface area contributed by atoms with Crippen molar-refractivity contribution in [3.8, 4) is 6.07 Å². The zero-order valence-corrected chi connectivity index (χ0v) is 10.7. The second-order valence-corrected chi connectivity index (χ2v) is 3.95. The Hall–Kier alpha value is -2.19. The van der Waals surface area contributed by atoms with Gasteiger partial charge in [0.25, 0.3) is 0 Å². The molecular weight excluding hydrogens is 242 g/mol. The van der Waals surface area contributed by atoms with Gasteiger partial charge in [-0.25, -0.2) is 0 Å². The predicted octanol–water partition coefficient (Wildman–Crippen LogP) is 2.65. The van der Waals surface area contributed by atoms with Crippen molar-refractivity contribution < 1.29 is 9.26 Å². The fourth-order valence-electron chi connectivity index (χ4n) is 1.75. The molecule has 1 unspecified atom stereocenters. The summed E-state index contributed by atoms with van der Waals surface area (Å²) in [5.41, 5.74) is 0.983. The van der Waals surface area contributed by atoms with E-state index in [4.69, 9.17) is 14.5 Å². The molecule has 2 aromatic rings. The van der Waals surface area contributed by atoms with Crippen LogP contribution in [0.15, 0.2) is 34.9 Å². The molecule has 1 aromatic heterocycles. The largest absolute Gasteiger partial charge is 0.366 e. The van der Waals surface area contributed by atoms with Gasteiger partial charge >= 0.3 is 0 Å². The number of hydrogen-bond acceptors (Lipinski definition) is 5. The van der Waals surface area contributed by atoms with Gasteiger partial charge < -0.3 is 9.26 Å². The maximum Gasteiger partial charge on any atom is 0.227 e. The molecule has 2 rings (SSSR count). The average Bonchev–Trinajstić information content (AvgIpc) is 2.92. The molecule has 1 atom stereocenters. The van der Waals surface area contributed by atoms with Crippen LogP contribution in [0.4, 0.5) is 0 Å². The molecule has 5 nitrogen and oxygen atoms in total. The van der Waals surface area contributed by atoms with E-state index in [1.54, 1.807) is 0 Å². The number of rotatable bonds is 6. The number of benzene rings is 1. The highest BCUT2D eigenvalue weighted by atomic mass is 16.5. The summed E-state index contributed by atoms with van der Waals surface area (Å²) in [6.07, 6.45) is 0.509. The summed E-state index contributed by atoms with van der Waals surface area (Å²) in [6, 6.07) is 11.8. The minimum Gasteiger partial charge on any atom is -0.366 e. The third-order valence-corrected chi connectivity index (χ3v) is 2.60. The molecular formula is C14H15N3O2. The van der Waals surface area contributed by atoms with Gasteiger partial charge in [0.1, 0.15) is 6.10 Å². The van der Waals surface area contributed by atoms with Gasteiger partial charge in [-0.3, -0.25) is 0 Å². The van der Waals surface area contributed by atoms with Gasteiger partial charge in [0.05, 0.1) is 6.07 Å². The molecule has 0 aliphatic rings. The van der Waals surface area contributed by atoms with Crippen LogP contribution < -0.4 is 0 Å². The average molecular weight is 257 g/mol. The maximum atomic E-state index is 8.54. The molecule has 1 heterocycles. The Morgan fingerprint density at radius 2 is 2.16 bits per heavy atom. The van der Waals surface area contributed by atoms with Gasteiger partial charge in [0, 0.05) is 19.4 Å². The standard InChI is InChI=1S/C14H15N3O2/c1-2-18-13(11-7-4-3-5-8-11)14-16-12(19-17-14)9-6-10-15/h3-5,7-8,13H,2,6,9H2,1H3. The smallest absolute Gasteiger partial charge is 0.227 e. The maximum absolute atomic E-state index is 8.54. The van der Waals surface area contributed by atoms with Crippen molar-refractivity contribution in [1.29, 1.82) is 5.26 Å². The van der Waals surface area contributed by atoms with E-state index in [1.807, 2.05) is 37.3 Å². The highest BCUT2D eigenvalue weighted by Gasteiger charge is 2.20. The van der Waals surface area contributed by atoms with Crippen molar-refractivity contribution in [3.63, 3.8) is 0 Å². The summed E-state index contributed by atoms with van der Waals surface area (Å²) in [4.78, 5) is 4.29. The normalized spacial score (nSPS) is 12.0. The minimum atomic E-state index is -0.328. The summed E-state index contributed by atoms with van der Waals surface area (Å²) in [6.45, 7) is 2.48. The Kier molecular flexibility index (Phi) is 4.65. The third-order valence-electron chi connectivity index (χ3n) is 2.60. The van der Waals surface area contributed by atoms with E-state index in [0.717, 1.165) is 5.56 Å². The first-order valence-corrected chi connectivity index (χ1v) is 6.21. The minimum absolute atomic E-state index is 0.328. The molecule has 0 aliphatic carbocycles. The lowest BCUT2D eigenvalue weighted by atomic mass is 10.1. The Labute approximate surface area is 111 Å². The molecule has 0 saturated carbocycles. The van der Waals surface area contributed by atoms with Crippen molar-refractivity contribution in [2.24, 2.45) is 0 Å². The van der Waals surface area contributed by atoms with Gasteiger partial charge in [0.15, 0.2) is 0 Å². The number of ether oxygens (including phenoxy) is 1. The fraction of sp³-hybridized carbons (Fsp3) is 0.357. The van der Waals surface area contributed by atoms with E-state index in [-0.39, 0.29) is 6.10 Å². The monoisotopic (exact) mass is 257 g/mol. The van der Waals surface area contributed by atoms with Crippen LogP contribution in [0.25, 0.3) is 0 Å². The number of hydrogen-bond donors (Lipinski definition) is 0. The first kappa shape index (κ1) is 13.2. The number of aryl methyl sites for hydroxylation is 1. The Morgan fingerprint density at radius 1 is 1.37 bits per heavy atom. The SMILES string of the molecule is CCOC(c1ccccc1)c1noc(CCC#N)n1. The molecule has 98 valence electrons. The molecule has 0 bridgehead atoms. The lowest BCUT2D eigenvalue weighted by Gasteiger charge is -2.13. The summed E-state index contributed by atoms with van der Waals surface area (Å²) in [7, 11) is 0. The topological polar surface area (TPSA) is 71.9 Å². The third kappa shape index (κ3) is 3.39. The first-order chi connectivity index (χ1) is 9.35. The first-order valence-electron chi connectivity index (χ1n) is 6.21. The molecule has 0 N–H and O–H groups in total. The van der Waals surface area contributed by atoms with Gasteiger partial charge in [-0.15, -0.1) is 0 Å². The van der Waals surface area contributed by atoms with Crippen molar-refractivity contribution in [3.05, 3.63) is 47.6 Å². The number of nitrogens with zero attached hydrogens (tertiary/aromatic N) is 3. The molecule has 0 aliphatic heterocycles. The molecule has 19 heavy (non-hydrogen) atoms. The van der Waals surface area contributed by atoms with Crippen LogP contribution in [0.3, 0.4) is 0 Å². The van der Waals surface area contributed by atoms with Crippen LogP contribution in [0.1, 0.15) is 36.7 Å². The van der Waals surface area contributed by atoms with Crippen molar-refractivity contribution in [2.45, 2.75) is 25.9 Å². The van der Waals surface area contributed by atoms with Gasteiger partial charge in [-0.2, -0.15) is 10.2 Å². The van der Waals surface area contributed by atoms with Crippen molar-refractivity contribution >= 4 is 0 Å². The second-order valence-electron chi connectivity index (χ2n) is 3.95. The van der Waals surface area contributed by atoms with Gasteiger partial charge in [0.2, 0.25) is 11.7 Å². The molecule has 1 aromatic carbocycles. The quantitative estimate of drug-likeness (QED) is 0.795.